The van der Waals surface area contributed by atoms with E-state index in [0.29, 0.717) is 11.3 Å². The molecule has 0 bridgehead atoms. The van der Waals surface area contributed by atoms with Crippen LogP contribution in [0, 0.1) is 4.91 Å². The molecule has 2 rings (SSSR count). The third kappa shape index (κ3) is 2.72. The van der Waals surface area contributed by atoms with Gasteiger partial charge in [-0.15, -0.1) is 4.91 Å². The number of likely N-dealkylation sites (N-methyl/N-ethyl adjacent to an activating group) is 1. The SMILES string of the molecule is CNC(=O)c1cc(O)c(N=O)cc1N1CCN(C)CC1. The highest BCUT2D eigenvalue weighted by atomic mass is 16.3. The van der Waals surface area contributed by atoms with Gasteiger partial charge in [-0.2, -0.15) is 0 Å². The number of benzene rings is 1. The molecule has 0 atom stereocenters. The molecule has 0 radical (unpaired) electrons. The van der Waals surface area contributed by atoms with Crippen molar-refractivity contribution in [3.05, 3.63) is 22.6 Å². The fraction of sp³-hybridized carbons (Fsp3) is 0.462. The number of aromatic hydroxyl groups is 1. The average molecular weight is 278 g/mol. The number of piperazine rings is 1. The van der Waals surface area contributed by atoms with Crippen molar-refractivity contribution in [3.63, 3.8) is 0 Å². The second-order valence-electron chi connectivity index (χ2n) is 4.82. The Labute approximate surface area is 117 Å². The summed E-state index contributed by atoms with van der Waals surface area (Å²) in [4.78, 5) is 26.9. The molecular formula is C13H18N4O3. The number of rotatable bonds is 3. The molecule has 1 aliphatic rings. The van der Waals surface area contributed by atoms with E-state index in [9.17, 15) is 14.8 Å². The molecule has 0 spiro atoms. The zero-order valence-electron chi connectivity index (χ0n) is 11.6. The van der Waals surface area contributed by atoms with E-state index in [1.165, 1.54) is 19.2 Å². The lowest BCUT2D eigenvalue weighted by molar-refractivity contribution is 0.0963. The first-order valence-electron chi connectivity index (χ1n) is 6.42. The van der Waals surface area contributed by atoms with E-state index in [0.717, 1.165) is 26.2 Å². The Hall–Kier alpha value is -2.15. The third-order valence-electron chi connectivity index (χ3n) is 3.51. The van der Waals surface area contributed by atoms with Gasteiger partial charge in [0, 0.05) is 33.2 Å². The molecule has 1 heterocycles. The predicted molar refractivity (Wildman–Crippen MR) is 76.7 cm³/mol. The maximum absolute atomic E-state index is 11.9. The van der Waals surface area contributed by atoms with E-state index >= 15 is 0 Å². The van der Waals surface area contributed by atoms with Crippen LogP contribution in [0.25, 0.3) is 0 Å². The summed E-state index contributed by atoms with van der Waals surface area (Å²) >= 11 is 0. The molecule has 0 aliphatic carbocycles. The minimum atomic E-state index is -0.299. The smallest absolute Gasteiger partial charge is 0.253 e. The van der Waals surface area contributed by atoms with E-state index in [4.69, 9.17) is 0 Å². The van der Waals surface area contributed by atoms with Gasteiger partial charge in [0.25, 0.3) is 5.91 Å². The van der Waals surface area contributed by atoms with Crippen molar-refractivity contribution in [2.45, 2.75) is 0 Å². The number of carbonyl (C=O) groups is 1. The van der Waals surface area contributed by atoms with Crippen molar-refractivity contribution in [1.82, 2.24) is 10.2 Å². The van der Waals surface area contributed by atoms with Crippen LogP contribution >= 0.6 is 0 Å². The predicted octanol–water partition coefficient (Wildman–Crippen LogP) is 0.902. The maximum Gasteiger partial charge on any atom is 0.253 e. The topological polar surface area (TPSA) is 85.2 Å². The average Bonchev–Trinajstić information content (AvgIpc) is 2.47. The van der Waals surface area contributed by atoms with Crippen LogP contribution in [0.2, 0.25) is 0 Å². The summed E-state index contributed by atoms with van der Waals surface area (Å²) in [6.45, 7) is 3.25. The molecule has 0 unspecified atom stereocenters. The summed E-state index contributed by atoms with van der Waals surface area (Å²) in [6.07, 6.45) is 0. The van der Waals surface area contributed by atoms with Crippen LogP contribution in [0.1, 0.15) is 10.4 Å². The molecule has 1 fully saturated rings. The first-order chi connectivity index (χ1) is 9.56. The minimum Gasteiger partial charge on any atom is -0.506 e. The summed E-state index contributed by atoms with van der Waals surface area (Å²) in [6, 6.07) is 2.77. The highest BCUT2D eigenvalue weighted by Gasteiger charge is 2.22. The van der Waals surface area contributed by atoms with E-state index in [2.05, 4.69) is 15.4 Å². The Kier molecular flexibility index (Phi) is 4.19. The first kappa shape index (κ1) is 14.3. The molecule has 0 aromatic heterocycles. The zero-order valence-corrected chi connectivity index (χ0v) is 11.6. The minimum absolute atomic E-state index is 0.0495. The summed E-state index contributed by atoms with van der Waals surface area (Å²) < 4.78 is 0. The second-order valence-corrected chi connectivity index (χ2v) is 4.82. The number of nitroso groups, excluding NO2 is 1. The normalized spacial score (nSPS) is 16.0. The van der Waals surface area contributed by atoms with Crippen molar-refractivity contribution < 1.29 is 9.90 Å². The number of hydrogen-bond donors (Lipinski definition) is 2. The Morgan fingerprint density at radius 2 is 1.95 bits per heavy atom. The summed E-state index contributed by atoms with van der Waals surface area (Å²) in [5.74, 6) is -0.580. The van der Waals surface area contributed by atoms with Gasteiger partial charge in [0.05, 0.1) is 11.3 Å². The van der Waals surface area contributed by atoms with E-state index in [-0.39, 0.29) is 17.3 Å². The molecule has 1 aromatic rings. The molecule has 1 saturated heterocycles. The number of hydrogen-bond acceptors (Lipinski definition) is 6. The van der Waals surface area contributed by atoms with E-state index < -0.39 is 0 Å². The fourth-order valence-electron chi connectivity index (χ4n) is 2.26. The highest BCUT2D eigenvalue weighted by Crippen LogP contribution is 2.35. The number of anilines is 1. The first-order valence-corrected chi connectivity index (χ1v) is 6.42. The van der Waals surface area contributed by atoms with Gasteiger partial charge in [-0.05, 0) is 24.4 Å². The fourth-order valence-corrected chi connectivity index (χ4v) is 2.26. The molecule has 1 amide bonds. The van der Waals surface area contributed by atoms with Crippen molar-refractivity contribution in [2.24, 2.45) is 5.18 Å². The van der Waals surface area contributed by atoms with Gasteiger partial charge in [0.15, 0.2) is 5.69 Å². The Balaban J connectivity index is 2.42. The Morgan fingerprint density at radius 3 is 2.50 bits per heavy atom. The standard InChI is InChI=1S/C13H18N4O3/c1-14-13(19)9-7-12(18)10(15-20)8-11(9)17-5-3-16(2)4-6-17/h7-8,18H,3-6H2,1-2H3,(H,14,19). The quantitative estimate of drug-likeness (QED) is 0.802. The van der Waals surface area contributed by atoms with Gasteiger partial charge in [0.2, 0.25) is 0 Å². The lowest BCUT2D eigenvalue weighted by atomic mass is 10.1. The lowest BCUT2D eigenvalue weighted by Crippen LogP contribution is -2.45. The zero-order chi connectivity index (χ0) is 14.7. The number of nitrogens with one attached hydrogen (secondary N) is 1. The van der Waals surface area contributed by atoms with Gasteiger partial charge in [-0.3, -0.25) is 4.79 Å². The van der Waals surface area contributed by atoms with Gasteiger partial charge < -0.3 is 20.2 Å². The second kappa shape index (κ2) is 5.87. The molecule has 2 N–H and O–H groups in total. The number of phenols is 1. The van der Waals surface area contributed by atoms with Crippen LogP contribution in [0.15, 0.2) is 17.3 Å². The Morgan fingerprint density at radius 1 is 1.30 bits per heavy atom. The number of amides is 1. The molecular weight excluding hydrogens is 260 g/mol. The largest absolute Gasteiger partial charge is 0.506 e. The molecule has 7 heteroatoms. The molecule has 7 nitrogen and oxygen atoms in total. The molecule has 108 valence electrons. The number of phenolic OH excluding ortho intramolecular Hbond substituents is 1. The molecule has 20 heavy (non-hydrogen) atoms. The lowest BCUT2D eigenvalue weighted by Gasteiger charge is -2.35. The van der Waals surface area contributed by atoms with Crippen molar-refractivity contribution in [3.8, 4) is 5.75 Å². The van der Waals surface area contributed by atoms with Gasteiger partial charge >= 0.3 is 0 Å². The van der Waals surface area contributed by atoms with Crippen LogP contribution in [0.4, 0.5) is 11.4 Å². The monoisotopic (exact) mass is 278 g/mol. The van der Waals surface area contributed by atoms with Gasteiger partial charge in [0.1, 0.15) is 5.75 Å². The summed E-state index contributed by atoms with van der Waals surface area (Å²) in [5.41, 5.74) is 0.929. The maximum atomic E-state index is 11.9. The van der Waals surface area contributed by atoms with Crippen molar-refractivity contribution in [1.29, 1.82) is 0 Å². The molecule has 1 aromatic carbocycles. The van der Waals surface area contributed by atoms with Gasteiger partial charge in [-0.1, -0.05) is 0 Å². The van der Waals surface area contributed by atoms with Crippen LogP contribution in [-0.4, -0.2) is 56.2 Å². The van der Waals surface area contributed by atoms with Crippen molar-refractivity contribution in [2.75, 3.05) is 45.2 Å². The van der Waals surface area contributed by atoms with Crippen LogP contribution in [-0.2, 0) is 0 Å². The number of nitrogens with zero attached hydrogens (tertiary/aromatic N) is 3. The third-order valence-corrected chi connectivity index (χ3v) is 3.51. The molecule has 1 aliphatic heterocycles. The van der Waals surface area contributed by atoms with Crippen LogP contribution in [0.5, 0.6) is 5.75 Å². The van der Waals surface area contributed by atoms with Crippen LogP contribution < -0.4 is 10.2 Å². The Bertz CT molecular complexity index is 525. The van der Waals surface area contributed by atoms with E-state index in [1.54, 1.807) is 0 Å². The summed E-state index contributed by atoms with van der Waals surface area (Å²) in [7, 11) is 3.56. The highest BCUT2D eigenvalue weighted by molar-refractivity contribution is 6.01. The van der Waals surface area contributed by atoms with E-state index in [1.807, 2.05) is 11.9 Å². The molecule has 0 saturated carbocycles. The van der Waals surface area contributed by atoms with Crippen molar-refractivity contribution >= 4 is 17.3 Å². The number of carbonyl (C=O) groups excluding carboxylic acids is 1. The van der Waals surface area contributed by atoms with Crippen LogP contribution in [0.3, 0.4) is 0 Å². The van der Waals surface area contributed by atoms with Gasteiger partial charge in [-0.25, -0.2) is 0 Å². The summed E-state index contributed by atoms with van der Waals surface area (Å²) in [5, 5.41) is 15.0.